The zero-order chi connectivity index (χ0) is 14.0. The van der Waals surface area contributed by atoms with Crippen LogP contribution in [0.5, 0.6) is 5.75 Å². The lowest BCUT2D eigenvalue weighted by atomic mass is 10.2. The Kier molecular flexibility index (Phi) is 4.10. The summed E-state index contributed by atoms with van der Waals surface area (Å²) in [6.07, 6.45) is 0. The average Bonchev–Trinajstić information content (AvgIpc) is 2.67. The van der Waals surface area contributed by atoms with Gasteiger partial charge in [0.25, 0.3) is 0 Å². The molecule has 0 spiro atoms. The van der Waals surface area contributed by atoms with Gasteiger partial charge in [-0.2, -0.15) is 5.10 Å². The first-order valence-electron chi connectivity index (χ1n) is 6.14. The van der Waals surface area contributed by atoms with Crippen molar-refractivity contribution in [3.05, 3.63) is 46.0 Å². The van der Waals surface area contributed by atoms with Gasteiger partial charge in [0.1, 0.15) is 6.61 Å². The molecule has 3 nitrogen and oxygen atoms in total. The van der Waals surface area contributed by atoms with Crippen LogP contribution in [0.3, 0.4) is 0 Å². The molecule has 1 aromatic carbocycles. The van der Waals surface area contributed by atoms with Crippen LogP contribution in [0.15, 0.2) is 18.2 Å². The van der Waals surface area contributed by atoms with E-state index in [2.05, 4.69) is 5.10 Å². The lowest BCUT2D eigenvalue weighted by Crippen LogP contribution is -2.07. The molecule has 1 aromatic heterocycles. The maximum absolute atomic E-state index is 13.8. The summed E-state index contributed by atoms with van der Waals surface area (Å²) in [6, 6.07) is 5.07. The van der Waals surface area contributed by atoms with Gasteiger partial charge in [-0.3, -0.25) is 4.68 Å². The van der Waals surface area contributed by atoms with Crippen LogP contribution in [0.25, 0.3) is 0 Å². The van der Waals surface area contributed by atoms with Crippen LogP contribution < -0.4 is 4.74 Å². The van der Waals surface area contributed by atoms with Crippen molar-refractivity contribution in [2.75, 3.05) is 0 Å². The van der Waals surface area contributed by atoms with Gasteiger partial charge in [-0.1, -0.05) is 23.7 Å². The largest absolute Gasteiger partial charge is 0.484 e. The van der Waals surface area contributed by atoms with Crippen LogP contribution >= 0.6 is 11.6 Å². The first-order chi connectivity index (χ1) is 9.04. The number of aromatic nitrogens is 2. The lowest BCUT2D eigenvalue weighted by molar-refractivity contribution is 0.277. The van der Waals surface area contributed by atoms with Crippen molar-refractivity contribution in [1.29, 1.82) is 0 Å². The zero-order valence-electron chi connectivity index (χ0n) is 11.2. The molecule has 0 saturated carbocycles. The Bertz CT molecular complexity index is 595. The fraction of sp³-hybridized carbons (Fsp3) is 0.357. The number of benzene rings is 1. The molecule has 0 saturated heterocycles. The monoisotopic (exact) mass is 282 g/mol. The molecule has 0 radical (unpaired) electrons. The second-order valence-corrected chi connectivity index (χ2v) is 4.72. The van der Waals surface area contributed by atoms with Crippen molar-refractivity contribution in [2.45, 2.75) is 33.9 Å². The molecule has 0 N–H and O–H groups in total. The van der Waals surface area contributed by atoms with Gasteiger partial charge < -0.3 is 4.74 Å². The fourth-order valence-electron chi connectivity index (χ4n) is 1.88. The summed E-state index contributed by atoms with van der Waals surface area (Å²) in [5, 5.41) is 4.87. The Morgan fingerprint density at radius 3 is 2.79 bits per heavy atom. The third kappa shape index (κ3) is 2.73. The summed E-state index contributed by atoms with van der Waals surface area (Å²) >= 11 is 6.17. The van der Waals surface area contributed by atoms with E-state index < -0.39 is 0 Å². The minimum absolute atomic E-state index is 0.202. The summed E-state index contributed by atoms with van der Waals surface area (Å²) in [4.78, 5) is 0. The minimum Gasteiger partial charge on any atom is -0.484 e. The van der Waals surface area contributed by atoms with E-state index in [4.69, 9.17) is 16.3 Å². The first kappa shape index (κ1) is 13.9. The van der Waals surface area contributed by atoms with Crippen molar-refractivity contribution in [3.63, 3.8) is 0 Å². The molecule has 0 aliphatic rings. The number of halogens is 2. The van der Waals surface area contributed by atoms with Crippen LogP contribution in [0, 0.1) is 19.7 Å². The molecular weight excluding hydrogens is 267 g/mol. The molecule has 0 bridgehead atoms. The lowest BCUT2D eigenvalue weighted by Gasteiger charge is -2.10. The number of hydrogen-bond acceptors (Lipinski definition) is 2. The number of ether oxygens (including phenoxy) is 1. The summed E-state index contributed by atoms with van der Waals surface area (Å²) in [6.45, 7) is 6.41. The number of hydrogen-bond donors (Lipinski definition) is 0. The molecule has 2 rings (SSSR count). The van der Waals surface area contributed by atoms with Gasteiger partial charge in [-0.25, -0.2) is 4.39 Å². The molecule has 5 heteroatoms. The molecule has 102 valence electrons. The highest BCUT2D eigenvalue weighted by molar-refractivity contribution is 6.31. The molecule has 0 unspecified atom stereocenters. The van der Waals surface area contributed by atoms with Crippen LogP contribution in [-0.2, 0) is 13.2 Å². The maximum atomic E-state index is 13.8. The van der Waals surface area contributed by atoms with Gasteiger partial charge in [0.2, 0.25) is 0 Å². The molecule has 0 fully saturated rings. The quantitative estimate of drug-likeness (QED) is 0.851. The predicted octanol–water partition coefficient (Wildman–Crippen LogP) is 3.89. The molecule has 0 atom stereocenters. The molecule has 1 heterocycles. The van der Waals surface area contributed by atoms with E-state index in [1.807, 2.05) is 13.8 Å². The molecule has 0 aliphatic carbocycles. The number of aryl methyl sites for hydroxylation is 3. The second-order valence-electron chi connectivity index (χ2n) is 4.34. The maximum Gasteiger partial charge on any atom is 0.167 e. The van der Waals surface area contributed by atoms with Gasteiger partial charge in [0, 0.05) is 6.54 Å². The molecule has 19 heavy (non-hydrogen) atoms. The Balaban J connectivity index is 2.21. The summed E-state index contributed by atoms with van der Waals surface area (Å²) < 4.78 is 21.1. The second kappa shape index (κ2) is 5.61. The van der Waals surface area contributed by atoms with E-state index in [9.17, 15) is 4.39 Å². The molecule has 0 amide bonds. The van der Waals surface area contributed by atoms with E-state index in [1.165, 1.54) is 0 Å². The summed E-state index contributed by atoms with van der Waals surface area (Å²) in [5.74, 6) is -0.101. The van der Waals surface area contributed by atoms with Gasteiger partial charge in [0.15, 0.2) is 11.6 Å². The van der Waals surface area contributed by atoms with Crippen LogP contribution in [0.4, 0.5) is 4.39 Å². The van der Waals surface area contributed by atoms with E-state index in [1.54, 1.807) is 29.8 Å². The van der Waals surface area contributed by atoms with Crippen molar-refractivity contribution < 1.29 is 9.13 Å². The van der Waals surface area contributed by atoms with Gasteiger partial charge in [0.05, 0.1) is 16.4 Å². The van der Waals surface area contributed by atoms with E-state index in [0.29, 0.717) is 17.1 Å². The van der Waals surface area contributed by atoms with Crippen molar-refractivity contribution in [3.8, 4) is 5.75 Å². The molecular formula is C14H16ClFN2O. The summed E-state index contributed by atoms with van der Waals surface area (Å²) in [7, 11) is 0. The van der Waals surface area contributed by atoms with Crippen molar-refractivity contribution in [2.24, 2.45) is 0 Å². The highest BCUT2D eigenvalue weighted by Crippen LogP contribution is 2.24. The Morgan fingerprint density at radius 1 is 1.37 bits per heavy atom. The Labute approximate surface area is 117 Å². The summed E-state index contributed by atoms with van der Waals surface area (Å²) in [5.41, 5.74) is 2.08. The van der Waals surface area contributed by atoms with Crippen LogP contribution in [-0.4, -0.2) is 9.78 Å². The van der Waals surface area contributed by atoms with Gasteiger partial charge in [-0.05, 0) is 32.4 Å². The Morgan fingerprint density at radius 2 is 2.11 bits per heavy atom. The standard InChI is InChI=1S/C14H16ClFN2O/c1-4-18-11(13(15)10(3)17-18)8-19-12-7-5-6-9(2)14(12)16/h5-7H,4,8H2,1-3H3. The Hall–Kier alpha value is -1.55. The smallest absolute Gasteiger partial charge is 0.167 e. The van der Waals surface area contributed by atoms with Crippen LogP contribution in [0.2, 0.25) is 5.02 Å². The van der Waals surface area contributed by atoms with E-state index in [0.717, 1.165) is 11.4 Å². The first-order valence-corrected chi connectivity index (χ1v) is 6.52. The average molecular weight is 283 g/mol. The van der Waals surface area contributed by atoms with Gasteiger partial charge in [-0.15, -0.1) is 0 Å². The normalized spacial score (nSPS) is 10.8. The minimum atomic E-state index is -0.335. The molecule has 0 aliphatic heterocycles. The van der Waals surface area contributed by atoms with Gasteiger partial charge >= 0.3 is 0 Å². The topological polar surface area (TPSA) is 27.1 Å². The highest BCUT2D eigenvalue weighted by Gasteiger charge is 2.14. The SMILES string of the molecule is CCn1nc(C)c(Cl)c1COc1cccc(C)c1F. The van der Waals surface area contributed by atoms with Crippen molar-refractivity contribution in [1.82, 2.24) is 9.78 Å². The third-order valence-corrected chi connectivity index (χ3v) is 3.47. The highest BCUT2D eigenvalue weighted by atomic mass is 35.5. The zero-order valence-corrected chi connectivity index (χ0v) is 12.0. The third-order valence-electron chi connectivity index (χ3n) is 2.97. The number of rotatable bonds is 4. The fourth-order valence-corrected chi connectivity index (χ4v) is 2.07. The van der Waals surface area contributed by atoms with E-state index in [-0.39, 0.29) is 18.2 Å². The number of nitrogens with zero attached hydrogens (tertiary/aromatic N) is 2. The van der Waals surface area contributed by atoms with E-state index >= 15 is 0 Å². The predicted molar refractivity (Wildman–Crippen MR) is 73.1 cm³/mol. The van der Waals surface area contributed by atoms with Crippen molar-refractivity contribution >= 4 is 11.6 Å². The van der Waals surface area contributed by atoms with Crippen LogP contribution in [0.1, 0.15) is 23.9 Å². The molecule has 2 aromatic rings.